The molecule has 4 rings (SSSR count). The van der Waals surface area contributed by atoms with Gasteiger partial charge in [-0.25, -0.2) is 0 Å². The van der Waals surface area contributed by atoms with E-state index in [2.05, 4.69) is 0 Å². The van der Waals surface area contributed by atoms with E-state index in [0.717, 1.165) is 24.3 Å². The van der Waals surface area contributed by atoms with Crippen LogP contribution in [0.4, 0.5) is 0 Å². The van der Waals surface area contributed by atoms with Crippen LogP contribution in [0.3, 0.4) is 0 Å². The van der Waals surface area contributed by atoms with Crippen LogP contribution >= 0.6 is 0 Å². The molecule has 0 aliphatic carbocycles. The first-order chi connectivity index (χ1) is 12.7. The van der Waals surface area contributed by atoms with Crippen LogP contribution in [0, 0.1) is 0 Å². The molecule has 0 aromatic heterocycles. The molecule has 0 N–H and O–H groups in total. The predicted molar refractivity (Wildman–Crippen MR) is 95.4 cm³/mol. The van der Waals surface area contributed by atoms with E-state index in [1.165, 1.54) is 11.1 Å². The molecule has 2 aliphatic rings. The smallest absolute Gasteiger partial charge is 0.257 e. The molecule has 2 aromatic rings. The molecule has 1 amide bonds. The number of ether oxygens (including phenoxy) is 4. The summed E-state index contributed by atoms with van der Waals surface area (Å²) in [5.74, 6) is 2.56. The average molecular weight is 355 g/mol. The van der Waals surface area contributed by atoms with E-state index in [-0.39, 0.29) is 12.7 Å². The van der Waals surface area contributed by atoms with E-state index in [9.17, 15) is 4.79 Å². The quantitative estimate of drug-likeness (QED) is 0.847. The zero-order chi connectivity index (χ0) is 18.1. The zero-order valence-electron chi connectivity index (χ0n) is 14.9. The molecular formula is C20H21NO5. The van der Waals surface area contributed by atoms with Gasteiger partial charge in [-0.05, 0) is 48.2 Å². The molecule has 0 atom stereocenters. The number of amides is 1. The Bertz CT molecular complexity index is 813. The number of fused-ring (bicyclic) bond motifs is 2. The van der Waals surface area contributed by atoms with Gasteiger partial charge in [-0.1, -0.05) is 6.07 Å². The van der Waals surface area contributed by atoms with E-state index in [1.807, 2.05) is 17.0 Å². The standard InChI is InChI=1S/C20H21NO5/c1-23-16-5-3-4-15(19(16)24-2)20(22)21-8-6-13-10-17-18(26-12-25-17)11-14(13)7-9-21/h3-5,10-11H,6-9,12H2,1-2H3. The molecule has 0 bridgehead atoms. The molecule has 0 spiro atoms. The van der Waals surface area contributed by atoms with Crippen molar-refractivity contribution in [2.75, 3.05) is 34.1 Å². The molecule has 0 fully saturated rings. The van der Waals surface area contributed by atoms with Gasteiger partial charge in [-0.3, -0.25) is 4.79 Å². The third-order valence-corrected chi connectivity index (χ3v) is 4.92. The Morgan fingerprint density at radius 1 is 1.00 bits per heavy atom. The molecule has 6 heteroatoms. The number of hydrogen-bond donors (Lipinski definition) is 0. The van der Waals surface area contributed by atoms with E-state index in [4.69, 9.17) is 18.9 Å². The van der Waals surface area contributed by atoms with Crippen molar-refractivity contribution in [1.82, 2.24) is 4.90 Å². The van der Waals surface area contributed by atoms with Crippen molar-refractivity contribution in [3.8, 4) is 23.0 Å². The molecule has 2 aromatic carbocycles. The van der Waals surface area contributed by atoms with Crippen molar-refractivity contribution < 1.29 is 23.7 Å². The summed E-state index contributed by atoms with van der Waals surface area (Å²) in [4.78, 5) is 15.0. The molecular weight excluding hydrogens is 334 g/mol. The first kappa shape index (κ1) is 16.6. The fourth-order valence-electron chi connectivity index (χ4n) is 3.54. The molecule has 0 saturated heterocycles. The monoisotopic (exact) mass is 355 g/mol. The lowest BCUT2D eigenvalue weighted by atomic mass is 10.0. The number of hydrogen-bond acceptors (Lipinski definition) is 5. The van der Waals surface area contributed by atoms with E-state index >= 15 is 0 Å². The van der Waals surface area contributed by atoms with Crippen LogP contribution in [-0.4, -0.2) is 44.9 Å². The summed E-state index contributed by atoms with van der Waals surface area (Å²) in [5, 5.41) is 0. The van der Waals surface area contributed by atoms with Gasteiger partial charge in [0.1, 0.15) is 0 Å². The van der Waals surface area contributed by atoms with Gasteiger partial charge in [0.15, 0.2) is 23.0 Å². The van der Waals surface area contributed by atoms with Crippen molar-refractivity contribution >= 4 is 5.91 Å². The van der Waals surface area contributed by atoms with Crippen LogP contribution in [0.1, 0.15) is 21.5 Å². The summed E-state index contributed by atoms with van der Waals surface area (Å²) in [5.41, 5.74) is 2.94. The van der Waals surface area contributed by atoms with Crippen LogP contribution < -0.4 is 18.9 Å². The van der Waals surface area contributed by atoms with E-state index in [0.29, 0.717) is 30.2 Å². The Kier molecular flexibility index (Phi) is 4.32. The lowest BCUT2D eigenvalue weighted by Gasteiger charge is -2.22. The van der Waals surface area contributed by atoms with Crippen molar-refractivity contribution in [3.63, 3.8) is 0 Å². The molecule has 6 nitrogen and oxygen atoms in total. The molecule has 136 valence electrons. The third kappa shape index (κ3) is 2.81. The van der Waals surface area contributed by atoms with Gasteiger partial charge in [0.2, 0.25) is 6.79 Å². The van der Waals surface area contributed by atoms with E-state index in [1.54, 1.807) is 32.4 Å². The number of carbonyl (C=O) groups is 1. The highest BCUT2D eigenvalue weighted by Gasteiger charge is 2.25. The summed E-state index contributed by atoms with van der Waals surface area (Å²) < 4.78 is 21.7. The number of nitrogens with zero attached hydrogens (tertiary/aromatic N) is 1. The minimum Gasteiger partial charge on any atom is -0.493 e. The minimum atomic E-state index is -0.0476. The zero-order valence-corrected chi connectivity index (χ0v) is 14.9. The first-order valence-electron chi connectivity index (χ1n) is 8.63. The topological polar surface area (TPSA) is 57.2 Å². The molecule has 0 radical (unpaired) electrons. The maximum atomic E-state index is 13.1. The number of para-hydroxylation sites is 1. The maximum Gasteiger partial charge on any atom is 0.257 e. The second-order valence-corrected chi connectivity index (χ2v) is 6.31. The largest absolute Gasteiger partial charge is 0.493 e. The fourth-order valence-corrected chi connectivity index (χ4v) is 3.54. The predicted octanol–water partition coefficient (Wildman–Crippen LogP) is 2.67. The molecule has 0 saturated carbocycles. The summed E-state index contributed by atoms with van der Waals surface area (Å²) in [6, 6.07) is 9.45. The SMILES string of the molecule is COc1cccc(C(=O)N2CCc3cc4c(cc3CC2)OCO4)c1OC. The fraction of sp³-hybridized carbons (Fsp3) is 0.350. The van der Waals surface area contributed by atoms with Gasteiger partial charge < -0.3 is 23.8 Å². The van der Waals surface area contributed by atoms with Crippen LogP contribution in [0.2, 0.25) is 0 Å². The highest BCUT2D eigenvalue weighted by molar-refractivity contribution is 5.98. The molecule has 26 heavy (non-hydrogen) atoms. The third-order valence-electron chi connectivity index (χ3n) is 4.92. The van der Waals surface area contributed by atoms with Crippen molar-refractivity contribution in [1.29, 1.82) is 0 Å². The molecule has 0 unspecified atom stereocenters. The van der Waals surface area contributed by atoms with Gasteiger partial charge in [-0.15, -0.1) is 0 Å². The second-order valence-electron chi connectivity index (χ2n) is 6.31. The lowest BCUT2D eigenvalue weighted by Crippen LogP contribution is -2.33. The number of methoxy groups -OCH3 is 2. The van der Waals surface area contributed by atoms with E-state index < -0.39 is 0 Å². The Morgan fingerprint density at radius 3 is 2.23 bits per heavy atom. The second kappa shape index (κ2) is 6.78. The Labute approximate surface area is 152 Å². The van der Waals surface area contributed by atoms with Crippen molar-refractivity contribution in [3.05, 3.63) is 47.0 Å². The van der Waals surface area contributed by atoms with Crippen LogP contribution in [0.5, 0.6) is 23.0 Å². The van der Waals surface area contributed by atoms with Gasteiger partial charge >= 0.3 is 0 Å². The Morgan fingerprint density at radius 2 is 1.65 bits per heavy atom. The van der Waals surface area contributed by atoms with Crippen molar-refractivity contribution in [2.45, 2.75) is 12.8 Å². The summed E-state index contributed by atoms with van der Waals surface area (Å²) in [7, 11) is 3.12. The average Bonchev–Trinajstić information content (AvgIpc) is 3.03. The van der Waals surface area contributed by atoms with Crippen LogP contribution in [0.25, 0.3) is 0 Å². The van der Waals surface area contributed by atoms with Gasteiger partial charge in [0.25, 0.3) is 5.91 Å². The number of benzene rings is 2. The van der Waals surface area contributed by atoms with Gasteiger partial charge in [0, 0.05) is 13.1 Å². The van der Waals surface area contributed by atoms with Crippen LogP contribution in [-0.2, 0) is 12.8 Å². The van der Waals surface area contributed by atoms with Gasteiger partial charge in [-0.2, -0.15) is 0 Å². The number of carbonyl (C=O) groups excluding carboxylic acids is 1. The molecule has 2 heterocycles. The summed E-state index contributed by atoms with van der Waals surface area (Å²) in [6.07, 6.45) is 1.56. The summed E-state index contributed by atoms with van der Waals surface area (Å²) >= 11 is 0. The summed E-state index contributed by atoms with van der Waals surface area (Å²) in [6.45, 7) is 1.57. The van der Waals surface area contributed by atoms with Crippen LogP contribution in [0.15, 0.2) is 30.3 Å². The Balaban J connectivity index is 1.58. The Hall–Kier alpha value is -2.89. The normalized spacial score (nSPS) is 15.2. The molecule has 2 aliphatic heterocycles. The maximum absolute atomic E-state index is 13.1. The van der Waals surface area contributed by atoms with Crippen molar-refractivity contribution in [2.24, 2.45) is 0 Å². The lowest BCUT2D eigenvalue weighted by molar-refractivity contribution is 0.0759. The first-order valence-corrected chi connectivity index (χ1v) is 8.63. The highest BCUT2D eigenvalue weighted by atomic mass is 16.7. The highest BCUT2D eigenvalue weighted by Crippen LogP contribution is 2.36. The number of rotatable bonds is 3. The van der Waals surface area contributed by atoms with Gasteiger partial charge in [0.05, 0.1) is 19.8 Å². The minimum absolute atomic E-state index is 0.0476.